The molecule has 0 rings (SSSR count). The minimum absolute atomic E-state index is 0.00751. The van der Waals surface area contributed by atoms with E-state index < -0.39 is 12.1 Å². The van der Waals surface area contributed by atoms with E-state index in [1.54, 1.807) is 11.8 Å². The van der Waals surface area contributed by atoms with Gasteiger partial charge in [0.15, 0.2) is 6.10 Å². The van der Waals surface area contributed by atoms with Crippen LogP contribution < -0.4 is 10.6 Å². The summed E-state index contributed by atoms with van der Waals surface area (Å²) in [6.07, 6.45) is 1.48. The molecule has 0 aromatic carbocycles. The Kier molecular flexibility index (Phi) is 8.74. The molecule has 0 heterocycles. The average Bonchev–Trinajstić information content (AvgIpc) is 2.24. The molecule has 94 valence electrons. The smallest absolute Gasteiger partial charge is 0.332 e. The second-order valence-corrected chi connectivity index (χ2v) is 4.16. The maximum atomic E-state index is 11.1. The molecular formula is C9H18N2O4S. The molecule has 0 aromatic heterocycles. The fraction of sp³-hybridized carbons (Fsp3) is 0.778. The zero-order valence-corrected chi connectivity index (χ0v) is 10.0. The molecule has 4 N–H and O–H groups in total. The van der Waals surface area contributed by atoms with Gasteiger partial charge in [-0.1, -0.05) is 0 Å². The Labute approximate surface area is 98.8 Å². The Morgan fingerprint density at radius 2 is 1.94 bits per heavy atom. The lowest BCUT2D eigenvalue weighted by Crippen LogP contribution is -2.38. The number of rotatable bonds is 8. The number of aliphatic hydroxyl groups excluding tert-OH is 1. The van der Waals surface area contributed by atoms with Gasteiger partial charge in [-0.15, -0.1) is 0 Å². The van der Waals surface area contributed by atoms with Gasteiger partial charge in [0.1, 0.15) is 0 Å². The third-order valence-corrected chi connectivity index (χ3v) is 2.50. The SMILES string of the molecule is CSCCCNC(=O)NCC[C@H](O)C(=O)O. The number of aliphatic hydroxyl groups is 1. The van der Waals surface area contributed by atoms with Gasteiger partial charge in [0, 0.05) is 19.5 Å². The monoisotopic (exact) mass is 250 g/mol. The molecule has 0 aromatic rings. The number of nitrogens with one attached hydrogen (secondary N) is 2. The molecule has 0 bridgehead atoms. The summed E-state index contributed by atoms with van der Waals surface area (Å²) in [5.74, 6) is -0.292. The van der Waals surface area contributed by atoms with Crippen LogP contribution in [-0.4, -0.2) is 53.4 Å². The molecule has 0 radical (unpaired) electrons. The highest BCUT2D eigenvalue weighted by Crippen LogP contribution is 1.93. The predicted octanol–water partition coefficient (Wildman–Crippen LogP) is -0.126. The van der Waals surface area contributed by atoms with Gasteiger partial charge in [-0.3, -0.25) is 0 Å². The lowest BCUT2D eigenvalue weighted by atomic mass is 10.2. The molecule has 0 fully saturated rings. The number of amides is 2. The molecule has 0 unspecified atom stereocenters. The first kappa shape index (κ1) is 15.0. The topological polar surface area (TPSA) is 98.7 Å². The van der Waals surface area contributed by atoms with Crippen LogP contribution in [0.1, 0.15) is 12.8 Å². The van der Waals surface area contributed by atoms with Crippen molar-refractivity contribution >= 4 is 23.8 Å². The second-order valence-electron chi connectivity index (χ2n) is 3.17. The Balaban J connectivity index is 3.40. The molecule has 0 aliphatic rings. The normalized spacial score (nSPS) is 11.9. The molecular weight excluding hydrogens is 232 g/mol. The van der Waals surface area contributed by atoms with Gasteiger partial charge in [-0.05, 0) is 18.4 Å². The Bertz CT molecular complexity index is 226. The number of carboxylic acid groups (broad SMARTS) is 1. The summed E-state index contributed by atoms with van der Waals surface area (Å²) in [7, 11) is 0. The third kappa shape index (κ3) is 8.37. The molecule has 0 saturated heterocycles. The second kappa shape index (κ2) is 9.29. The predicted molar refractivity (Wildman–Crippen MR) is 62.7 cm³/mol. The van der Waals surface area contributed by atoms with Crippen molar-refractivity contribution in [3.05, 3.63) is 0 Å². The van der Waals surface area contributed by atoms with E-state index in [1.165, 1.54) is 0 Å². The zero-order chi connectivity index (χ0) is 12.4. The molecule has 7 heteroatoms. The van der Waals surface area contributed by atoms with E-state index >= 15 is 0 Å². The molecule has 0 saturated carbocycles. The van der Waals surface area contributed by atoms with E-state index in [0.29, 0.717) is 6.54 Å². The van der Waals surface area contributed by atoms with Crippen LogP contribution in [0.15, 0.2) is 0 Å². The van der Waals surface area contributed by atoms with Gasteiger partial charge in [0.05, 0.1) is 0 Å². The number of urea groups is 1. The van der Waals surface area contributed by atoms with E-state index in [4.69, 9.17) is 10.2 Å². The van der Waals surface area contributed by atoms with Crippen LogP contribution in [0.3, 0.4) is 0 Å². The highest BCUT2D eigenvalue weighted by molar-refractivity contribution is 7.98. The molecule has 0 spiro atoms. The zero-order valence-electron chi connectivity index (χ0n) is 9.23. The van der Waals surface area contributed by atoms with Crippen LogP contribution in [0.4, 0.5) is 4.79 Å². The van der Waals surface area contributed by atoms with Crippen molar-refractivity contribution in [1.29, 1.82) is 0 Å². The molecule has 1 atom stereocenters. The molecule has 16 heavy (non-hydrogen) atoms. The third-order valence-electron chi connectivity index (χ3n) is 1.80. The van der Waals surface area contributed by atoms with Crippen LogP contribution in [0, 0.1) is 0 Å². The Morgan fingerprint density at radius 1 is 1.31 bits per heavy atom. The maximum absolute atomic E-state index is 11.1. The van der Waals surface area contributed by atoms with Gasteiger partial charge in [-0.2, -0.15) is 11.8 Å². The van der Waals surface area contributed by atoms with E-state index in [2.05, 4.69) is 10.6 Å². The van der Waals surface area contributed by atoms with Crippen LogP contribution in [0.5, 0.6) is 0 Å². The first-order valence-electron chi connectivity index (χ1n) is 4.99. The number of carbonyl (C=O) groups is 2. The summed E-state index contributed by atoms with van der Waals surface area (Å²) >= 11 is 1.71. The van der Waals surface area contributed by atoms with E-state index in [0.717, 1.165) is 12.2 Å². The van der Waals surface area contributed by atoms with Crippen LogP contribution in [0.25, 0.3) is 0 Å². The Morgan fingerprint density at radius 3 is 2.50 bits per heavy atom. The lowest BCUT2D eigenvalue weighted by molar-refractivity contribution is -0.146. The highest BCUT2D eigenvalue weighted by Gasteiger charge is 2.12. The fourth-order valence-electron chi connectivity index (χ4n) is 0.927. The lowest BCUT2D eigenvalue weighted by Gasteiger charge is -2.08. The van der Waals surface area contributed by atoms with Crippen LogP contribution >= 0.6 is 11.8 Å². The Hall–Kier alpha value is -0.950. The molecule has 6 nitrogen and oxygen atoms in total. The number of carbonyl (C=O) groups excluding carboxylic acids is 1. The first-order valence-corrected chi connectivity index (χ1v) is 6.38. The van der Waals surface area contributed by atoms with E-state index in [9.17, 15) is 9.59 Å². The standard InChI is InChI=1S/C9H18N2O4S/c1-16-6-2-4-10-9(15)11-5-3-7(12)8(13)14/h7,12H,2-6H2,1H3,(H,13,14)(H2,10,11,15)/t7-/m0/s1. The maximum Gasteiger partial charge on any atom is 0.332 e. The van der Waals surface area contributed by atoms with Crippen molar-refractivity contribution in [1.82, 2.24) is 10.6 Å². The van der Waals surface area contributed by atoms with Crippen molar-refractivity contribution in [2.75, 3.05) is 25.1 Å². The first-order chi connectivity index (χ1) is 7.57. The van der Waals surface area contributed by atoms with Gasteiger partial charge in [-0.25, -0.2) is 9.59 Å². The van der Waals surface area contributed by atoms with E-state index in [-0.39, 0.29) is 19.0 Å². The van der Waals surface area contributed by atoms with Gasteiger partial charge in [0.25, 0.3) is 0 Å². The van der Waals surface area contributed by atoms with Crippen molar-refractivity contribution in [2.45, 2.75) is 18.9 Å². The molecule has 2 amide bonds. The van der Waals surface area contributed by atoms with Crippen molar-refractivity contribution in [2.24, 2.45) is 0 Å². The highest BCUT2D eigenvalue weighted by atomic mass is 32.2. The van der Waals surface area contributed by atoms with Crippen molar-refractivity contribution in [3.63, 3.8) is 0 Å². The number of aliphatic carboxylic acids is 1. The fourth-order valence-corrected chi connectivity index (χ4v) is 1.36. The molecule has 0 aliphatic carbocycles. The summed E-state index contributed by atoms with van der Waals surface area (Å²) in [6, 6.07) is -0.335. The summed E-state index contributed by atoms with van der Waals surface area (Å²) in [5.41, 5.74) is 0. The number of thioether (sulfide) groups is 1. The van der Waals surface area contributed by atoms with Gasteiger partial charge in [0.2, 0.25) is 0 Å². The van der Waals surface area contributed by atoms with Gasteiger partial charge >= 0.3 is 12.0 Å². The number of hydrogen-bond donors (Lipinski definition) is 4. The number of hydrogen-bond acceptors (Lipinski definition) is 4. The summed E-state index contributed by atoms with van der Waals surface area (Å²) in [6.45, 7) is 0.732. The van der Waals surface area contributed by atoms with Crippen molar-refractivity contribution in [3.8, 4) is 0 Å². The number of carboxylic acids is 1. The minimum atomic E-state index is -1.42. The molecule has 0 aliphatic heterocycles. The minimum Gasteiger partial charge on any atom is -0.479 e. The summed E-state index contributed by atoms with van der Waals surface area (Å²) in [5, 5.41) is 22.4. The van der Waals surface area contributed by atoms with Crippen LogP contribution in [-0.2, 0) is 4.79 Å². The van der Waals surface area contributed by atoms with E-state index in [1.807, 2.05) is 6.26 Å². The largest absolute Gasteiger partial charge is 0.479 e. The van der Waals surface area contributed by atoms with Gasteiger partial charge < -0.3 is 20.8 Å². The van der Waals surface area contributed by atoms with Crippen LogP contribution in [0.2, 0.25) is 0 Å². The average molecular weight is 250 g/mol. The van der Waals surface area contributed by atoms with Crippen molar-refractivity contribution < 1.29 is 19.8 Å². The summed E-state index contributed by atoms with van der Waals surface area (Å²) < 4.78 is 0. The summed E-state index contributed by atoms with van der Waals surface area (Å²) in [4.78, 5) is 21.3. The quantitative estimate of drug-likeness (QED) is 0.450.